The van der Waals surface area contributed by atoms with E-state index < -0.39 is 15.9 Å². The molecule has 1 unspecified atom stereocenters. The molecule has 0 aliphatic carbocycles. The van der Waals surface area contributed by atoms with Gasteiger partial charge in [0, 0.05) is 24.4 Å². The standard InChI is InChI=1S/C18H19ClN2O5S/c19-16-10-13(5-8-17(16)22)21-18(23)12-3-6-15(7-4-12)27(24,25)20-11-14-2-1-9-26-14/h3-8,10,14,20,22H,1-2,9,11H2,(H,21,23). The molecule has 1 heterocycles. The van der Waals surface area contributed by atoms with Crippen LogP contribution in [0.25, 0.3) is 0 Å². The van der Waals surface area contributed by atoms with Crippen LogP contribution in [0, 0.1) is 0 Å². The summed E-state index contributed by atoms with van der Waals surface area (Å²) in [6, 6.07) is 9.89. The highest BCUT2D eigenvalue weighted by Gasteiger charge is 2.20. The molecule has 2 aromatic rings. The van der Waals surface area contributed by atoms with E-state index in [1.54, 1.807) is 0 Å². The molecular formula is C18H19ClN2O5S. The smallest absolute Gasteiger partial charge is 0.255 e. The number of amides is 1. The molecule has 7 nitrogen and oxygen atoms in total. The molecule has 1 fully saturated rings. The lowest BCUT2D eigenvalue weighted by molar-refractivity contribution is 0.102. The summed E-state index contributed by atoms with van der Waals surface area (Å²) in [6.45, 7) is 0.884. The lowest BCUT2D eigenvalue weighted by Crippen LogP contribution is -2.31. The molecule has 1 aliphatic heterocycles. The molecule has 0 radical (unpaired) electrons. The summed E-state index contributed by atoms with van der Waals surface area (Å²) in [4.78, 5) is 12.3. The van der Waals surface area contributed by atoms with E-state index in [9.17, 15) is 18.3 Å². The summed E-state index contributed by atoms with van der Waals surface area (Å²) in [5.41, 5.74) is 0.704. The zero-order valence-electron chi connectivity index (χ0n) is 14.3. The number of phenols is 1. The SMILES string of the molecule is O=C(Nc1ccc(O)c(Cl)c1)c1ccc(S(=O)(=O)NCC2CCCO2)cc1. The van der Waals surface area contributed by atoms with Gasteiger partial charge in [-0.1, -0.05) is 11.6 Å². The number of anilines is 1. The number of hydrogen-bond acceptors (Lipinski definition) is 5. The Morgan fingerprint density at radius 3 is 2.59 bits per heavy atom. The van der Waals surface area contributed by atoms with Crippen LogP contribution in [0.2, 0.25) is 5.02 Å². The predicted octanol–water partition coefficient (Wildman–Crippen LogP) is 2.76. The first-order valence-electron chi connectivity index (χ1n) is 8.36. The van der Waals surface area contributed by atoms with Crippen molar-refractivity contribution in [2.24, 2.45) is 0 Å². The quantitative estimate of drug-likeness (QED) is 0.635. The third-order valence-corrected chi connectivity index (χ3v) is 5.90. The van der Waals surface area contributed by atoms with Crippen molar-refractivity contribution >= 4 is 33.2 Å². The molecular weight excluding hydrogens is 392 g/mol. The second-order valence-electron chi connectivity index (χ2n) is 6.13. The van der Waals surface area contributed by atoms with Gasteiger partial charge in [-0.3, -0.25) is 4.79 Å². The Hall–Kier alpha value is -2.13. The number of carbonyl (C=O) groups is 1. The summed E-state index contributed by atoms with van der Waals surface area (Å²) < 4.78 is 32.6. The van der Waals surface area contributed by atoms with Crippen LogP contribution in [0.4, 0.5) is 5.69 Å². The molecule has 1 atom stereocenters. The van der Waals surface area contributed by atoms with E-state index in [2.05, 4.69) is 10.0 Å². The lowest BCUT2D eigenvalue weighted by Gasteiger charge is -2.12. The predicted molar refractivity (Wildman–Crippen MR) is 102 cm³/mol. The molecule has 1 saturated heterocycles. The molecule has 1 aliphatic rings. The average Bonchev–Trinajstić information content (AvgIpc) is 3.17. The van der Waals surface area contributed by atoms with E-state index in [-0.39, 0.29) is 33.9 Å². The third-order valence-electron chi connectivity index (χ3n) is 4.16. The van der Waals surface area contributed by atoms with E-state index in [1.807, 2.05) is 0 Å². The first-order valence-corrected chi connectivity index (χ1v) is 10.2. The van der Waals surface area contributed by atoms with Crippen LogP contribution in [-0.4, -0.2) is 38.7 Å². The minimum atomic E-state index is -3.67. The molecule has 3 rings (SSSR count). The average molecular weight is 411 g/mol. The molecule has 9 heteroatoms. The molecule has 0 spiro atoms. The van der Waals surface area contributed by atoms with Gasteiger partial charge in [-0.25, -0.2) is 13.1 Å². The lowest BCUT2D eigenvalue weighted by atomic mass is 10.2. The number of ether oxygens (including phenoxy) is 1. The zero-order valence-corrected chi connectivity index (χ0v) is 15.9. The van der Waals surface area contributed by atoms with Crippen molar-refractivity contribution in [2.75, 3.05) is 18.5 Å². The molecule has 27 heavy (non-hydrogen) atoms. The number of carbonyl (C=O) groups excluding carboxylic acids is 1. The fraction of sp³-hybridized carbons (Fsp3) is 0.278. The van der Waals surface area contributed by atoms with Crippen molar-refractivity contribution < 1.29 is 23.1 Å². The van der Waals surface area contributed by atoms with Crippen LogP contribution in [0.5, 0.6) is 5.75 Å². The number of aromatic hydroxyl groups is 1. The van der Waals surface area contributed by atoms with Crippen LogP contribution in [0.3, 0.4) is 0 Å². The minimum Gasteiger partial charge on any atom is -0.506 e. The van der Waals surface area contributed by atoms with Gasteiger partial charge in [0.05, 0.1) is 16.0 Å². The maximum absolute atomic E-state index is 12.3. The van der Waals surface area contributed by atoms with E-state index in [0.717, 1.165) is 12.8 Å². The van der Waals surface area contributed by atoms with E-state index in [4.69, 9.17) is 16.3 Å². The van der Waals surface area contributed by atoms with Gasteiger partial charge in [-0.15, -0.1) is 0 Å². The fourth-order valence-electron chi connectivity index (χ4n) is 2.66. The van der Waals surface area contributed by atoms with Crippen molar-refractivity contribution in [1.29, 1.82) is 0 Å². The Morgan fingerprint density at radius 2 is 1.96 bits per heavy atom. The summed E-state index contributed by atoms with van der Waals surface area (Å²) in [7, 11) is -3.67. The highest BCUT2D eigenvalue weighted by Crippen LogP contribution is 2.26. The number of hydrogen-bond donors (Lipinski definition) is 3. The Bertz CT molecular complexity index is 925. The van der Waals surface area contributed by atoms with Crippen molar-refractivity contribution in [3.05, 3.63) is 53.1 Å². The zero-order chi connectivity index (χ0) is 19.4. The molecule has 0 saturated carbocycles. The summed E-state index contributed by atoms with van der Waals surface area (Å²) in [6.07, 6.45) is 1.67. The highest BCUT2D eigenvalue weighted by molar-refractivity contribution is 7.89. The van der Waals surface area contributed by atoms with E-state index >= 15 is 0 Å². The van der Waals surface area contributed by atoms with Crippen LogP contribution in [-0.2, 0) is 14.8 Å². The number of rotatable bonds is 6. The molecule has 144 valence electrons. The molecule has 2 aromatic carbocycles. The Labute approximate surface area is 162 Å². The van der Waals surface area contributed by atoms with Crippen LogP contribution in [0.1, 0.15) is 23.2 Å². The van der Waals surface area contributed by atoms with Gasteiger partial charge in [0.25, 0.3) is 5.91 Å². The van der Waals surface area contributed by atoms with Crippen molar-refractivity contribution in [3.8, 4) is 5.75 Å². The largest absolute Gasteiger partial charge is 0.506 e. The minimum absolute atomic E-state index is 0.0738. The highest BCUT2D eigenvalue weighted by atomic mass is 35.5. The second-order valence-corrected chi connectivity index (χ2v) is 8.31. The first kappa shape index (κ1) is 19.6. The second kappa shape index (κ2) is 8.26. The number of sulfonamides is 1. The van der Waals surface area contributed by atoms with Crippen LogP contribution < -0.4 is 10.0 Å². The number of nitrogens with one attached hydrogen (secondary N) is 2. The molecule has 0 aromatic heterocycles. The first-order chi connectivity index (χ1) is 12.8. The Balaban J connectivity index is 1.64. The maximum Gasteiger partial charge on any atom is 0.255 e. The van der Waals surface area contributed by atoms with Gasteiger partial charge < -0.3 is 15.2 Å². The monoisotopic (exact) mass is 410 g/mol. The van der Waals surface area contributed by atoms with Crippen molar-refractivity contribution in [3.63, 3.8) is 0 Å². The van der Waals surface area contributed by atoms with Gasteiger partial charge in [-0.2, -0.15) is 0 Å². The van der Waals surface area contributed by atoms with Crippen molar-refractivity contribution in [1.82, 2.24) is 4.72 Å². The normalized spacial score (nSPS) is 17.0. The number of halogens is 1. The molecule has 1 amide bonds. The maximum atomic E-state index is 12.3. The van der Waals surface area contributed by atoms with Crippen LogP contribution >= 0.6 is 11.6 Å². The Morgan fingerprint density at radius 1 is 1.22 bits per heavy atom. The van der Waals surface area contributed by atoms with Crippen LogP contribution in [0.15, 0.2) is 47.4 Å². The fourth-order valence-corrected chi connectivity index (χ4v) is 3.91. The van der Waals surface area contributed by atoms with Crippen molar-refractivity contribution in [2.45, 2.75) is 23.8 Å². The van der Waals surface area contributed by atoms with Gasteiger partial charge in [0.1, 0.15) is 5.75 Å². The number of phenolic OH excluding ortho intramolecular Hbond substituents is 1. The van der Waals surface area contributed by atoms with Gasteiger partial charge >= 0.3 is 0 Å². The third kappa shape index (κ3) is 4.98. The van der Waals surface area contributed by atoms with Gasteiger partial charge in [0.2, 0.25) is 10.0 Å². The molecule has 3 N–H and O–H groups in total. The summed E-state index contributed by atoms with van der Waals surface area (Å²) >= 11 is 5.81. The Kier molecular flexibility index (Phi) is 6.01. The topological polar surface area (TPSA) is 105 Å². The molecule has 0 bridgehead atoms. The summed E-state index contributed by atoms with van der Waals surface area (Å²) in [5, 5.41) is 12.1. The van der Waals surface area contributed by atoms with E-state index in [1.165, 1.54) is 42.5 Å². The summed E-state index contributed by atoms with van der Waals surface area (Å²) in [5.74, 6) is -0.507. The van der Waals surface area contributed by atoms with E-state index in [0.29, 0.717) is 12.3 Å². The number of benzene rings is 2. The van der Waals surface area contributed by atoms with Gasteiger partial charge in [0.15, 0.2) is 0 Å². The van der Waals surface area contributed by atoms with Gasteiger partial charge in [-0.05, 0) is 55.3 Å².